The van der Waals surface area contributed by atoms with Gasteiger partial charge < -0.3 is 14.7 Å². The number of ether oxygens (including phenoxy) is 1. The van der Waals surface area contributed by atoms with Crippen molar-refractivity contribution in [3.63, 3.8) is 0 Å². The third-order valence-corrected chi connectivity index (χ3v) is 3.79. The molecular formula is C17H18N4O3. The number of carbonyl (C=O) groups excluding carboxylic acids is 1. The first kappa shape index (κ1) is 15.8. The first-order valence-corrected chi connectivity index (χ1v) is 7.37. The molecule has 0 aliphatic heterocycles. The van der Waals surface area contributed by atoms with Crippen molar-refractivity contribution in [1.29, 1.82) is 0 Å². The summed E-state index contributed by atoms with van der Waals surface area (Å²) in [6.45, 7) is 1.96. The van der Waals surface area contributed by atoms with Crippen molar-refractivity contribution in [2.45, 2.75) is 6.92 Å². The maximum Gasteiger partial charge on any atom is 0.337 e. The van der Waals surface area contributed by atoms with E-state index in [2.05, 4.69) is 10.2 Å². The second-order valence-corrected chi connectivity index (χ2v) is 5.71. The summed E-state index contributed by atoms with van der Waals surface area (Å²) >= 11 is 0. The first-order chi connectivity index (χ1) is 11.4. The van der Waals surface area contributed by atoms with Crippen LogP contribution >= 0.6 is 0 Å². The first-order valence-electron chi connectivity index (χ1n) is 7.37. The zero-order chi connectivity index (χ0) is 17.4. The molecule has 2 aromatic carbocycles. The van der Waals surface area contributed by atoms with E-state index in [0.29, 0.717) is 22.3 Å². The summed E-state index contributed by atoms with van der Waals surface area (Å²) in [7, 11) is 5.16. The van der Waals surface area contributed by atoms with E-state index in [1.165, 1.54) is 11.9 Å². The largest absolute Gasteiger partial charge is 0.506 e. The number of rotatable bonds is 3. The van der Waals surface area contributed by atoms with Gasteiger partial charge in [-0.25, -0.2) is 4.79 Å². The van der Waals surface area contributed by atoms with Gasteiger partial charge >= 0.3 is 5.97 Å². The highest BCUT2D eigenvalue weighted by atomic mass is 16.5. The van der Waals surface area contributed by atoms with Gasteiger partial charge in [0.2, 0.25) is 0 Å². The zero-order valence-electron chi connectivity index (χ0n) is 13.9. The van der Waals surface area contributed by atoms with Gasteiger partial charge in [-0.1, -0.05) is 0 Å². The van der Waals surface area contributed by atoms with Gasteiger partial charge in [-0.2, -0.15) is 0 Å². The summed E-state index contributed by atoms with van der Waals surface area (Å²) in [5.74, 6) is -0.349. The number of benzene rings is 2. The van der Waals surface area contributed by atoms with Crippen molar-refractivity contribution in [3.8, 4) is 11.4 Å². The highest BCUT2D eigenvalue weighted by molar-refractivity contribution is 5.93. The van der Waals surface area contributed by atoms with Gasteiger partial charge in [-0.15, -0.1) is 15.0 Å². The molecule has 1 heterocycles. The average molecular weight is 326 g/mol. The lowest BCUT2D eigenvalue weighted by Gasteiger charge is -2.17. The molecule has 0 bridgehead atoms. The van der Waals surface area contributed by atoms with E-state index in [-0.39, 0.29) is 5.75 Å². The molecule has 0 unspecified atom stereocenters. The number of phenolic OH excluding ortho intramolecular Hbond substituents is 1. The molecule has 0 radical (unpaired) electrons. The molecule has 3 rings (SSSR count). The minimum absolute atomic E-state index is 0.0813. The molecule has 0 spiro atoms. The third kappa shape index (κ3) is 2.64. The fraction of sp³-hybridized carbons (Fsp3) is 0.235. The van der Waals surface area contributed by atoms with Gasteiger partial charge in [-0.05, 0) is 36.8 Å². The van der Waals surface area contributed by atoms with Crippen LogP contribution in [-0.4, -0.2) is 47.3 Å². The Hall–Kier alpha value is -3.09. The number of aromatic nitrogens is 3. The van der Waals surface area contributed by atoms with E-state index in [4.69, 9.17) is 4.74 Å². The predicted octanol–water partition coefficient (Wildman–Crippen LogP) is 2.29. The van der Waals surface area contributed by atoms with Crippen LogP contribution in [0.2, 0.25) is 0 Å². The van der Waals surface area contributed by atoms with Crippen LogP contribution < -0.4 is 4.90 Å². The number of aryl methyl sites for hydroxylation is 1. The number of esters is 1. The monoisotopic (exact) mass is 326 g/mol. The summed E-state index contributed by atoms with van der Waals surface area (Å²) in [5.41, 5.74) is 3.96. The Kier molecular flexibility index (Phi) is 3.84. The Morgan fingerprint density at radius 2 is 1.88 bits per heavy atom. The molecule has 0 saturated carbocycles. The van der Waals surface area contributed by atoms with Crippen LogP contribution in [0.25, 0.3) is 16.7 Å². The lowest BCUT2D eigenvalue weighted by atomic mass is 10.1. The van der Waals surface area contributed by atoms with Crippen molar-refractivity contribution in [3.05, 3.63) is 41.5 Å². The molecule has 7 nitrogen and oxygen atoms in total. The van der Waals surface area contributed by atoms with Crippen molar-refractivity contribution in [1.82, 2.24) is 15.0 Å². The Morgan fingerprint density at radius 3 is 2.54 bits per heavy atom. The van der Waals surface area contributed by atoms with E-state index < -0.39 is 5.97 Å². The summed E-state index contributed by atoms with van der Waals surface area (Å²) in [6, 6.07) is 8.45. The van der Waals surface area contributed by atoms with Gasteiger partial charge in [0, 0.05) is 25.8 Å². The van der Waals surface area contributed by atoms with Crippen molar-refractivity contribution >= 4 is 22.7 Å². The SMILES string of the molecule is COC(=O)c1ccc2nn(-c3cc(C)c(N(C)C)cc3O)nc2c1. The molecule has 3 aromatic rings. The number of carbonyl (C=O) groups is 1. The smallest absolute Gasteiger partial charge is 0.337 e. The number of hydrogen-bond donors (Lipinski definition) is 1. The Morgan fingerprint density at radius 1 is 1.17 bits per heavy atom. The second kappa shape index (κ2) is 5.84. The van der Waals surface area contributed by atoms with Gasteiger partial charge in [0.05, 0.1) is 12.7 Å². The number of aromatic hydroxyl groups is 1. The Labute approximate surface area is 139 Å². The highest BCUT2D eigenvalue weighted by Crippen LogP contribution is 2.30. The van der Waals surface area contributed by atoms with Gasteiger partial charge in [0.1, 0.15) is 22.5 Å². The quantitative estimate of drug-likeness (QED) is 0.744. The number of phenols is 1. The summed E-state index contributed by atoms with van der Waals surface area (Å²) < 4.78 is 4.71. The van der Waals surface area contributed by atoms with Gasteiger partial charge in [0.15, 0.2) is 0 Å². The molecule has 1 N–H and O–H groups in total. The molecule has 7 heteroatoms. The second-order valence-electron chi connectivity index (χ2n) is 5.71. The molecule has 0 saturated heterocycles. The summed E-state index contributed by atoms with van der Waals surface area (Å²) in [4.78, 5) is 14.9. The number of fused-ring (bicyclic) bond motifs is 1. The summed E-state index contributed by atoms with van der Waals surface area (Å²) in [5, 5.41) is 19.0. The third-order valence-electron chi connectivity index (χ3n) is 3.79. The van der Waals surface area contributed by atoms with E-state index in [1.807, 2.05) is 32.0 Å². The molecule has 124 valence electrons. The molecule has 0 fully saturated rings. The molecule has 0 atom stereocenters. The zero-order valence-corrected chi connectivity index (χ0v) is 13.9. The average Bonchev–Trinajstić information content (AvgIpc) is 2.98. The minimum atomic E-state index is -0.430. The van der Waals surface area contributed by atoms with Crippen molar-refractivity contribution < 1.29 is 14.6 Å². The lowest BCUT2D eigenvalue weighted by molar-refractivity contribution is 0.0601. The fourth-order valence-electron chi connectivity index (χ4n) is 2.58. The molecule has 1 aromatic heterocycles. The van der Waals surface area contributed by atoms with E-state index in [0.717, 1.165) is 11.3 Å². The van der Waals surface area contributed by atoms with Crippen LogP contribution in [0.15, 0.2) is 30.3 Å². The van der Waals surface area contributed by atoms with E-state index >= 15 is 0 Å². The van der Waals surface area contributed by atoms with Gasteiger partial charge in [0.25, 0.3) is 0 Å². The topological polar surface area (TPSA) is 80.5 Å². The van der Waals surface area contributed by atoms with Gasteiger partial charge in [-0.3, -0.25) is 0 Å². The molecule has 24 heavy (non-hydrogen) atoms. The Bertz CT molecular complexity index is 931. The van der Waals surface area contributed by atoms with Crippen LogP contribution in [-0.2, 0) is 4.74 Å². The molecule has 0 aliphatic carbocycles. The molecular weight excluding hydrogens is 308 g/mol. The van der Waals surface area contributed by atoms with E-state index in [9.17, 15) is 9.90 Å². The maximum absolute atomic E-state index is 11.6. The minimum Gasteiger partial charge on any atom is -0.506 e. The lowest BCUT2D eigenvalue weighted by Crippen LogP contribution is -2.11. The Balaban J connectivity index is 2.10. The number of anilines is 1. The standard InChI is InChI=1S/C17H18N4O3/c1-10-7-15(16(22)9-14(10)20(2)3)21-18-12-6-5-11(17(23)24-4)8-13(12)19-21/h5-9,22H,1-4H3. The summed E-state index contributed by atoms with van der Waals surface area (Å²) in [6.07, 6.45) is 0. The fourth-order valence-corrected chi connectivity index (χ4v) is 2.58. The normalized spacial score (nSPS) is 10.8. The van der Waals surface area contributed by atoms with Crippen molar-refractivity contribution in [2.75, 3.05) is 26.1 Å². The molecule has 0 amide bonds. The predicted molar refractivity (Wildman–Crippen MR) is 90.9 cm³/mol. The van der Waals surface area contributed by atoms with Crippen LogP contribution in [0.5, 0.6) is 5.75 Å². The van der Waals surface area contributed by atoms with Crippen LogP contribution in [0.4, 0.5) is 5.69 Å². The number of methoxy groups -OCH3 is 1. The van der Waals surface area contributed by atoms with Crippen LogP contribution in [0.1, 0.15) is 15.9 Å². The van der Waals surface area contributed by atoms with Crippen LogP contribution in [0.3, 0.4) is 0 Å². The molecule has 0 aliphatic rings. The highest BCUT2D eigenvalue weighted by Gasteiger charge is 2.14. The van der Waals surface area contributed by atoms with Crippen LogP contribution in [0, 0.1) is 6.92 Å². The van der Waals surface area contributed by atoms with Crippen molar-refractivity contribution in [2.24, 2.45) is 0 Å². The number of hydrogen-bond acceptors (Lipinski definition) is 6. The van der Waals surface area contributed by atoms with E-state index in [1.54, 1.807) is 24.3 Å². The number of nitrogens with zero attached hydrogens (tertiary/aromatic N) is 4. The maximum atomic E-state index is 11.6.